The minimum absolute atomic E-state index is 0.157. The highest BCUT2D eigenvalue weighted by atomic mass is 32.1. The third-order valence-electron chi connectivity index (χ3n) is 4.25. The average molecular weight is 299 g/mol. The molecule has 0 aliphatic carbocycles. The van der Waals surface area contributed by atoms with Gasteiger partial charge in [0.25, 0.3) is 0 Å². The summed E-state index contributed by atoms with van der Waals surface area (Å²) in [7, 11) is 0. The SMILES string of the molecule is CC1(c2nn3c(-c4ccccc4)nnc3s2)CCNCC1. The number of rotatable bonds is 2. The first-order valence-corrected chi connectivity index (χ1v) is 8.07. The van der Waals surface area contributed by atoms with Crippen molar-refractivity contribution in [3.63, 3.8) is 0 Å². The summed E-state index contributed by atoms with van der Waals surface area (Å²) < 4.78 is 1.89. The third-order valence-corrected chi connectivity index (χ3v) is 5.45. The molecule has 0 amide bonds. The summed E-state index contributed by atoms with van der Waals surface area (Å²) in [6.45, 7) is 4.42. The van der Waals surface area contributed by atoms with E-state index in [9.17, 15) is 0 Å². The quantitative estimate of drug-likeness (QED) is 0.790. The molecule has 3 aromatic rings. The molecule has 1 aliphatic heterocycles. The van der Waals surface area contributed by atoms with E-state index in [0.29, 0.717) is 0 Å². The number of hydrogen-bond acceptors (Lipinski definition) is 5. The number of aromatic nitrogens is 4. The Kier molecular flexibility index (Phi) is 3.01. The molecular formula is C15H17N5S. The lowest BCUT2D eigenvalue weighted by molar-refractivity contribution is 0.331. The van der Waals surface area contributed by atoms with E-state index < -0.39 is 0 Å². The van der Waals surface area contributed by atoms with Gasteiger partial charge in [-0.3, -0.25) is 0 Å². The van der Waals surface area contributed by atoms with Crippen LogP contribution in [0, 0.1) is 0 Å². The maximum absolute atomic E-state index is 4.83. The van der Waals surface area contributed by atoms with E-state index in [1.807, 2.05) is 34.8 Å². The van der Waals surface area contributed by atoms with Gasteiger partial charge in [-0.15, -0.1) is 10.2 Å². The molecule has 0 radical (unpaired) electrons. The van der Waals surface area contributed by atoms with Gasteiger partial charge in [0.2, 0.25) is 4.96 Å². The van der Waals surface area contributed by atoms with E-state index in [4.69, 9.17) is 5.10 Å². The largest absolute Gasteiger partial charge is 0.317 e. The minimum Gasteiger partial charge on any atom is -0.317 e. The topological polar surface area (TPSA) is 55.1 Å². The van der Waals surface area contributed by atoms with Gasteiger partial charge in [-0.05, 0) is 25.9 Å². The van der Waals surface area contributed by atoms with E-state index >= 15 is 0 Å². The van der Waals surface area contributed by atoms with Gasteiger partial charge in [0.1, 0.15) is 5.01 Å². The van der Waals surface area contributed by atoms with Gasteiger partial charge < -0.3 is 5.32 Å². The van der Waals surface area contributed by atoms with Crippen LogP contribution >= 0.6 is 11.3 Å². The van der Waals surface area contributed by atoms with Gasteiger partial charge in [-0.1, -0.05) is 48.6 Å². The van der Waals surface area contributed by atoms with Crippen molar-refractivity contribution >= 4 is 16.3 Å². The maximum Gasteiger partial charge on any atom is 0.234 e. The number of fused-ring (bicyclic) bond motifs is 1. The third kappa shape index (κ3) is 2.15. The number of nitrogens with zero attached hydrogens (tertiary/aromatic N) is 4. The first-order chi connectivity index (χ1) is 10.3. The van der Waals surface area contributed by atoms with Crippen LogP contribution < -0.4 is 5.32 Å². The molecule has 1 aliphatic rings. The molecule has 0 bridgehead atoms. The fourth-order valence-corrected chi connectivity index (χ4v) is 3.86. The predicted octanol–water partition coefficient (Wildman–Crippen LogP) is 2.49. The monoisotopic (exact) mass is 299 g/mol. The summed E-state index contributed by atoms with van der Waals surface area (Å²) in [4.78, 5) is 0.878. The number of hydrogen-bond donors (Lipinski definition) is 1. The highest BCUT2D eigenvalue weighted by Gasteiger charge is 2.33. The lowest BCUT2D eigenvalue weighted by atomic mass is 9.82. The van der Waals surface area contributed by atoms with Crippen molar-refractivity contribution in [2.24, 2.45) is 0 Å². The van der Waals surface area contributed by atoms with Crippen molar-refractivity contribution in [2.45, 2.75) is 25.2 Å². The first kappa shape index (κ1) is 12.9. The van der Waals surface area contributed by atoms with Gasteiger partial charge in [0.05, 0.1) is 0 Å². The van der Waals surface area contributed by atoms with Crippen molar-refractivity contribution in [1.82, 2.24) is 25.1 Å². The standard InChI is InChI=1S/C15H17N5S/c1-15(7-9-16-10-8-15)13-19-20-12(17-18-14(20)21-13)11-5-3-2-4-6-11/h2-6,16H,7-10H2,1H3. The summed E-state index contributed by atoms with van der Waals surface area (Å²) in [5.74, 6) is 0.825. The summed E-state index contributed by atoms with van der Waals surface area (Å²) >= 11 is 1.67. The van der Waals surface area contributed by atoms with E-state index in [2.05, 4.69) is 22.4 Å². The van der Waals surface area contributed by atoms with Crippen LogP contribution in [0.5, 0.6) is 0 Å². The van der Waals surface area contributed by atoms with Crippen LogP contribution in [0.2, 0.25) is 0 Å². The van der Waals surface area contributed by atoms with Crippen molar-refractivity contribution in [3.05, 3.63) is 35.3 Å². The molecule has 6 heteroatoms. The highest BCUT2D eigenvalue weighted by molar-refractivity contribution is 7.16. The molecule has 0 unspecified atom stereocenters. The van der Waals surface area contributed by atoms with Gasteiger partial charge >= 0.3 is 0 Å². The lowest BCUT2D eigenvalue weighted by Gasteiger charge is -2.31. The molecule has 4 rings (SSSR count). The van der Waals surface area contributed by atoms with Gasteiger partial charge in [-0.2, -0.15) is 9.61 Å². The normalized spacial score (nSPS) is 18.1. The Morgan fingerprint density at radius 3 is 2.67 bits per heavy atom. The zero-order valence-corrected chi connectivity index (χ0v) is 12.7. The second-order valence-corrected chi connectivity index (χ2v) is 6.76. The minimum atomic E-state index is 0.157. The summed E-state index contributed by atoms with van der Waals surface area (Å²) in [6, 6.07) is 10.1. The predicted molar refractivity (Wildman–Crippen MR) is 83.6 cm³/mol. The number of nitrogens with one attached hydrogen (secondary N) is 1. The maximum atomic E-state index is 4.83. The molecular weight excluding hydrogens is 282 g/mol. The summed E-state index contributed by atoms with van der Waals surface area (Å²) in [6.07, 6.45) is 2.25. The average Bonchev–Trinajstić information content (AvgIpc) is 3.09. The molecule has 1 fully saturated rings. The molecule has 2 aromatic heterocycles. The number of piperidine rings is 1. The smallest absolute Gasteiger partial charge is 0.234 e. The summed E-state index contributed by atoms with van der Waals surface area (Å²) in [5, 5.41) is 18.0. The highest BCUT2D eigenvalue weighted by Crippen LogP contribution is 2.36. The van der Waals surface area contributed by atoms with Crippen LogP contribution in [-0.2, 0) is 5.41 Å². The van der Waals surface area contributed by atoms with Crippen molar-refractivity contribution in [1.29, 1.82) is 0 Å². The van der Waals surface area contributed by atoms with Crippen LogP contribution in [-0.4, -0.2) is 32.9 Å². The summed E-state index contributed by atoms with van der Waals surface area (Å²) in [5.41, 5.74) is 1.21. The Bertz CT molecular complexity index is 755. The van der Waals surface area contributed by atoms with Gasteiger partial charge in [0, 0.05) is 11.0 Å². The second-order valence-electron chi connectivity index (χ2n) is 5.80. The lowest BCUT2D eigenvalue weighted by Crippen LogP contribution is -2.37. The molecule has 1 aromatic carbocycles. The van der Waals surface area contributed by atoms with E-state index in [1.54, 1.807) is 11.3 Å². The molecule has 5 nitrogen and oxygen atoms in total. The van der Waals surface area contributed by atoms with Crippen LogP contribution in [0.3, 0.4) is 0 Å². The molecule has 21 heavy (non-hydrogen) atoms. The van der Waals surface area contributed by atoms with Crippen LogP contribution in [0.15, 0.2) is 30.3 Å². The zero-order valence-electron chi connectivity index (χ0n) is 11.9. The Morgan fingerprint density at radius 1 is 1.14 bits per heavy atom. The fourth-order valence-electron chi connectivity index (χ4n) is 2.82. The molecule has 108 valence electrons. The van der Waals surface area contributed by atoms with Gasteiger partial charge in [-0.25, -0.2) is 0 Å². The Hall–Kier alpha value is -1.79. The van der Waals surface area contributed by atoms with Crippen LogP contribution in [0.1, 0.15) is 24.8 Å². The van der Waals surface area contributed by atoms with Crippen molar-refractivity contribution < 1.29 is 0 Å². The molecule has 0 atom stereocenters. The van der Waals surface area contributed by atoms with Gasteiger partial charge in [0.15, 0.2) is 5.82 Å². The van der Waals surface area contributed by atoms with Crippen molar-refractivity contribution in [2.75, 3.05) is 13.1 Å². The van der Waals surface area contributed by atoms with E-state index in [0.717, 1.165) is 42.3 Å². The second kappa shape index (κ2) is 4.89. The van der Waals surface area contributed by atoms with Crippen LogP contribution in [0.25, 0.3) is 16.3 Å². The van der Waals surface area contributed by atoms with E-state index in [1.165, 1.54) is 5.01 Å². The van der Waals surface area contributed by atoms with Crippen LogP contribution in [0.4, 0.5) is 0 Å². The molecule has 0 spiro atoms. The van der Waals surface area contributed by atoms with Crippen molar-refractivity contribution in [3.8, 4) is 11.4 Å². The number of benzene rings is 1. The molecule has 1 saturated heterocycles. The molecule has 3 heterocycles. The Labute approximate surface area is 127 Å². The molecule has 1 N–H and O–H groups in total. The Balaban J connectivity index is 1.79. The fraction of sp³-hybridized carbons (Fsp3) is 0.400. The Morgan fingerprint density at radius 2 is 1.90 bits per heavy atom. The molecule has 0 saturated carbocycles. The van der Waals surface area contributed by atoms with E-state index in [-0.39, 0.29) is 5.41 Å². The first-order valence-electron chi connectivity index (χ1n) is 7.25. The zero-order chi connectivity index (χ0) is 14.3.